The summed E-state index contributed by atoms with van der Waals surface area (Å²) in [6.45, 7) is 2.24. The van der Waals surface area contributed by atoms with Crippen molar-refractivity contribution >= 4 is 39.5 Å². The highest BCUT2D eigenvalue weighted by molar-refractivity contribution is 9.10. The summed E-state index contributed by atoms with van der Waals surface area (Å²) in [6, 6.07) is 5.60. The Kier molecular flexibility index (Phi) is 5.42. The highest BCUT2D eigenvalue weighted by Crippen LogP contribution is 2.39. The Labute approximate surface area is 125 Å². The minimum absolute atomic E-state index is 0.0651. The zero-order chi connectivity index (χ0) is 13.1. The maximum absolute atomic E-state index is 14.2. The van der Waals surface area contributed by atoms with E-state index in [0.29, 0.717) is 15.0 Å². The molecule has 1 heterocycles. The predicted molar refractivity (Wildman–Crippen MR) is 84.1 cm³/mol. The summed E-state index contributed by atoms with van der Waals surface area (Å²) in [5, 5.41) is 4.25. The Balaban J connectivity index is 2.29. The molecule has 0 radical (unpaired) electrons. The van der Waals surface area contributed by atoms with E-state index in [2.05, 4.69) is 28.2 Å². The summed E-state index contributed by atoms with van der Waals surface area (Å²) in [6.07, 6.45) is 0. The molecule has 3 atom stereocenters. The molecule has 1 N–H and O–H groups in total. The molecule has 1 aromatic rings. The van der Waals surface area contributed by atoms with Gasteiger partial charge in [-0.3, -0.25) is 0 Å². The lowest BCUT2D eigenvalue weighted by Crippen LogP contribution is -2.36. The molecule has 0 bridgehead atoms. The second kappa shape index (κ2) is 6.64. The lowest BCUT2D eigenvalue weighted by Gasteiger charge is -2.34. The summed E-state index contributed by atoms with van der Waals surface area (Å²) in [5.41, 5.74) is 0.763. The molecule has 0 aliphatic carbocycles. The molecule has 0 saturated carbocycles. The summed E-state index contributed by atoms with van der Waals surface area (Å²) in [7, 11) is 1.91. The average Bonchev–Trinajstić information content (AvgIpc) is 2.37. The quantitative estimate of drug-likeness (QED) is 0.882. The lowest BCUT2D eigenvalue weighted by molar-refractivity contribution is 0.514. The van der Waals surface area contributed by atoms with E-state index in [1.807, 2.05) is 42.7 Å². The van der Waals surface area contributed by atoms with E-state index < -0.39 is 0 Å². The van der Waals surface area contributed by atoms with Gasteiger partial charge < -0.3 is 5.32 Å². The molecule has 1 aromatic carbocycles. The van der Waals surface area contributed by atoms with Gasteiger partial charge in [-0.15, -0.1) is 0 Å². The highest BCUT2D eigenvalue weighted by atomic mass is 79.9. The van der Waals surface area contributed by atoms with Crippen molar-refractivity contribution in [2.24, 2.45) is 0 Å². The van der Waals surface area contributed by atoms with Crippen LogP contribution in [0.5, 0.6) is 0 Å². The standard InChI is InChI=1S/C13H17BrFNS2/c1-8-13(18-7-6-17-8)12(16-2)9-4-3-5-10(14)11(9)15/h3-5,8,12-13,16H,6-7H2,1-2H3. The molecule has 1 aliphatic rings. The van der Waals surface area contributed by atoms with Crippen LogP contribution in [0, 0.1) is 5.82 Å². The number of thioether (sulfide) groups is 2. The predicted octanol–water partition coefficient (Wildman–Crippen LogP) is 4.09. The van der Waals surface area contributed by atoms with Crippen LogP contribution < -0.4 is 5.32 Å². The number of halogens is 2. The van der Waals surface area contributed by atoms with Crippen LogP contribution in [0.2, 0.25) is 0 Å². The first-order valence-corrected chi connectivity index (χ1v) is 8.88. The van der Waals surface area contributed by atoms with Crippen LogP contribution in [0.25, 0.3) is 0 Å². The molecule has 3 unspecified atom stereocenters. The largest absolute Gasteiger partial charge is 0.312 e. The second-order valence-electron chi connectivity index (χ2n) is 4.32. The van der Waals surface area contributed by atoms with Crippen molar-refractivity contribution in [2.45, 2.75) is 23.5 Å². The van der Waals surface area contributed by atoms with Gasteiger partial charge in [0.15, 0.2) is 0 Å². The van der Waals surface area contributed by atoms with Gasteiger partial charge in [0, 0.05) is 33.6 Å². The van der Waals surface area contributed by atoms with Crippen molar-refractivity contribution in [1.82, 2.24) is 5.32 Å². The Bertz CT molecular complexity index is 416. The summed E-state index contributed by atoms with van der Waals surface area (Å²) in [5.74, 6) is 2.20. The van der Waals surface area contributed by atoms with Crippen molar-refractivity contribution < 1.29 is 4.39 Å². The normalized spacial score (nSPS) is 26.0. The third-order valence-corrected chi connectivity index (χ3v) is 7.00. The zero-order valence-electron chi connectivity index (χ0n) is 10.5. The smallest absolute Gasteiger partial charge is 0.142 e. The number of rotatable bonds is 3. The molecule has 0 spiro atoms. The molecule has 0 aromatic heterocycles. The topological polar surface area (TPSA) is 12.0 Å². The van der Waals surface area contributed by atoms with Crippen LogP contribution in [-0.2, 0) is 0 Å². The fraction of sp³-hybridized carbons (Fsp3) is 0.538. The molecule has 1 nitrogen and oxygen atoms in total. The molecule has 1 aliphatic heterocycles. The first-order chi connectivity index (χ1) is 8.65. The van der Waals surface area contributed by atoms with E-state index in [1.165, 1.54) is 5.75 Å². The third kappa shape index (κ3) is 3.06. The zero-order valence-corrected chi connectivity index (χ0v) is 13.7. The van der Waals surface area contributed by atoms with Crippen LogP contribution in [0.15, 0.2) is 22.7 Å². The minimum atomic E-state index is -0.139. The maximum atomic E-state index is 14.2. The van der Waals surface area contributed by atoms with Crippen LogP contribution in [0.3, 0.4) is 0 Å². The van der Waals surface area contributed by atoms with Crippen molar-refractivity contribution in [3.63, 3.8) is 0 Å². The number of benzene rings is 1. The van der Waals surface area contributed by atoms with E-state index in [-0.39, 0.29) is 11.9 Å². The van der Waals surface area contributed by atoms with Crippen LogP contribution in [-0.4, -0.2) is 29.1 Å². The fourth-order valence-electron chi connectivity index (χ4n) is 2.27. The van der Waals surface area contributed by atoms with E-state index in [4.69, 9.17) is 0 Å². The van der Waals surface area contributed by atoms with E-state index in [1.54, 1.807) is 6.07 Å². The van der Waals surface area contributed by atoms with Crippen LogP contribution in [0.1, 0.15) is 18.5 Å². The number of hydrogen-bond acceptors (Lipinski definition) is 3. The molecule has 100 valence electrons. The molecule has 0 amide bonds. The first-order valence-electron chi connectivity index (χ1n) is 5.99. The molecular formula is C13H17BrFNS2. The van der Waals surface area contributed by atoms with Crippen LogP contribution in [0.4, 0.5) is 4.39 Å². The molecule has 2 rings (SSSR count). The highest BCUT2D eigenvalue weighted by Gasteiger charge is 2.32. The molecule has 18 heavy (non-hydrogen) atoms. The summed E-state index contributed by atoms with van der Waals surface area (Å²) >= 11 is 7.20. The van der Waals surface area contributed by atoms with Crippen LogP contribution >= 0.6 is 39.5 Å². The van der Waals surface area contributed by atoms with Gasteiger partial charge in [-0.25, -0.2) is 4.39 Å². The Morgan fingerprint density at radius 3 is 2.78 bits per heavy atom. The number of hydrogen-bond donors (Lipinski definition) is 1. The van der Waals surface area contributed by atoms with Crippen molar-refractivity contribution in [2.75, 3.05) is 18.6 Å². The molecule has 1 saturated heterocycles. The van der Waals surface area contributed by atoms with Gasteiger partial charge in [0.1, 0.15) is 5.82 Å². The maximum Gasteiger partial charge on any atom is 0.142 e. The van der Waals surface area contributed by atoms with Crippen molar-refractivity contribution in [3.8, 4) is 0 Å². The minimum Gasteiger partial charge on any atom is -0.312 e. The van der Waals surface area contributed by atoms with E-state index in [9.17, 15) is 4.39 Å². The molecule has 5 heteroatoms. The molecule has 1 fully saturated rings. The third-order valence-electron chi connectivity index (χ3n) is 3.19. The van der Waals surface area contributed by atoms with Gasteiger partial charge in [0.05, 0.1) is 4.47 Å². The Morgan fingerprint density at radius 1 is 1.39 bits per heavy atom. The fourth-order valence-corrected chi connectivity index (χ4v) is 5.63. The average molecular weight is 350 g/mol. The SMILES string of the molecule is CNC(c1cccc(Br)c1F)C1SCCSC1C. The van der Waals surface area contributed by atoms with Gasteiger partial charge in [0.2, 0.25) is 0 Å². The monoisotopic (exact) mass is 349 g/mol. The van der Waals surface area contributed by atoms with Gasteiger partial charge >= 0.3 is 0 Å². The van der Waals surface area contributed by atoms with Gasteiger partial charge in [-0.05, 0) is 29.0 Å². The second-order valence-corrected chi connectivity index (χ2v) is 7.95. The summed E-state index contributed by atoms with van der Waals surface area (Å²) < 4.78 is 14.8. The first kappa shape index (κ1) is 14.7. The van der Waals surface area contributed by atoms with Gasteiger partial charge in [-0.1, -0.05) is 19.1 Å². The van der Waals surface area contributed by atoms with E-state index in [0.717, 1.165) is 11.3 Å². The van der Waals surface area contributed by atoms with Gasteiger partial charge in [0.25, 0.3) is 0 Å². The molecular weight excluding hydrogens is 333 g/mol. The van der Waals surface area contributed by atoms with Crippen molar-refractivity contribution in [3.05, 3.63) is 34.1 Å². The Hall–Kier alpha value is 0.290. The van der Waals surface area contributed by atoms with Gasteiger partial charge in [-0.2, -0.15) is 23.5 Å². The Morgan fingerprint density at radius 2 is 2.11 bits per heavy atom. The van der Waals surface area contributed by atoms with Crippen molar-refractivity contribution in [1.29, 1.82) is 0 Å². The summed E-state index contributed by atoms with van der Waals surface area (Å²) in [4.78, 5) is 0. The lowest BCUT2D eigenvalue weighted by atomic mass is 10.0. The number of nitrogens with one attached hydrogen (secondary N) is 1. The van der Waals surface area contributed by atoms with E-state index >= 15 is 0 Å².